The van der Waals surface area contributed by atoms with Crippen molar-refractivity contribution in [3.63, 3.8) is 0 Å². The quantitative estimate of drug-likeness (QED) is 0.877. The number of rotatable bonds is 3. The number of ether oxygens (including phenoxy) is 1. The molecule has 0 bridgehead atoms. The monoisotopic (exact) mass is 286 g/mol. The lowest BCUT2D eigenvalue weighted by Gasteiger charge is -2.28. The lowest BCUT2D eigenvalue weighted by atomic mass is 9.79. The SMILES string of the molecule is CC(C)(C)c1cc(OCC(F)F)cc(C(C)(C)C)c1O. The molecule has 2 nitrogen and oxygen atoms in total. The van der Waals surface area contributed by atoms with Crippen molar-refractivity contribution in [2.45, 2.75) is 58.8 Å². The van der Waals surface area contributed by atoms with Crippen molar-refractivity contribution in [1.29, 1.82) is 0 Å². The van der Waals surface area contributed by atoms with Crippen molar-refractivity contribution in [3.8, 4) is 11.5 Å². The highest BCUT2D eigenvalue weighted by atomic mass is 19.3. The zero-order valence-corrected chi connectivity index (χ0v) is 13.1. The number of phenols is 1. The molecule has 4 heteroatoms. The summed E-state index contributed by atoms with van der Waals surface area (Å²) < 4.78 is 29.7. The number of benzene rings is 1. The highest BCUT2D eigenvalue weighted by molar-refractivity contribution is 5.51. The lowest BCUT2D eigenvalue weighted by molar-refractivity contribution is 0.0817. The first-order valence-corrected chi connectivity index (χ1v) is 6.72. The fourth-order valence-corrected chi connectivity index (χ4v) is 1.99. The smallest absolute Gasteiger partial charge is 0.272 e. The van der Waals surface area contributed by atoms with Gasteiger partial charge in [-0.05, 0) is 23.0 Å². The van der Waals surface area contributed by atoms with Crippen LogP contribution >= 0.6 is 0 Å². The van der Waals surface area contributed by atoms with Crippen LogP contribution < -0.4 is 4.74 Å². The van der Waals surface area contributed by atoms with Crippen LogP contribution in [0.2, 0.25) is 0 Å². The molecule has 0 aliphatic rings. The minimum Gasteiger partial charge on any atom is -0.507 e. The summed E-state index contributed by atoms with van der Waals surface area (Å²) in [6.45, 7) is 11.1. The second-order valence-electron chi connectivity index (χ2n) is 7.07. The van der Waals surface area contributed by atoms with E-state index in [4.69, 9.17) is 4.74 Å². The van der Waals surface area contributed by atoms with Crippen LogP contribution in [0.3, 0.4) is 0 Å². The van der Waals surface area contributed by atoms with Crippen molar-refractivity contribution in [2.75, 3.05) is 6.61 Å². The Morgan fingerprint density at radius 3 is 1.70 bits per heavy atom. The molecule has 1 rings (SSSR count). The molecule has 0 saturated heterocycles. The van der Waals surface area contributed by atoms with Gasteiger partial charge in [0.1, 0.15) is 18.1 Å². The molecule has 1 aromatic rings. The van der Waals surface area contributed by atoms with Crippen molar-refractivity contribution in [2.24, 2.45) is 0 Å². The third-order valence-corrected chi connectivity index (χ3v) is 3.08. The van der Waals surface area contributed by atoms with Crippen LogP contribution in [0.1, 0.15) is 52.7 Å². The number of hydrogen-bond acceptors (Lipinski definition) is 2. The van der Waals surface area contributed by atoms with E-state index in [0.29, 0.717) is 16.9 Å². The molecule has 0 aromatic heterocycles. The van der Waals surface area contributed by atoms with Crippen molar-refractivity contribution in [1.82, 2.24) is 0 Å². The third kappa shape index (κ3) is 4.09. The second kappa shape index (κ2) is 5.58. The molecule has 1 N–H and O–H groups in total. The third-order valence-electron chi connectivity index (χ3n) is 3.08. The number of aromatic hydroxyl groups is 1. The van der Waals surface area contributed by atoms with Crippen LogP contribution in [0.4, 0.5) is 8.78 Å². The number of halogens is 2. The molecular formula is C16H24F2O2. The number of hydrogen-bond donors (Lipinski definition) is 1. The first-order chi connectivity index (χ1) is 8.93. The van der Waals surface area contributed by atoms with E-state index in [-0.39, 0.29) is 16.6 Å². The van der Waals surface area contributed by atoms with Crippen LogP contribution in [-0.4, -0.2) is 18.1 Å². The van der Waals surface area contributed by atoms with Gasteiger partial charge in [0.15, 0.2) is 0 Å². The van der Waals surface area contributed by atoms with Crippen LogP contribution in [0.5, 0.6) is 11.5 Å². The first kappa shape index (κ1) is 16.7. The minimum absolute atomic E-state index is 0.217. The molecule has 0 unspecified atom stereocenters. The Balaban J connectivity index is 3.35. The topological polar surface area (TPSA) is 29.5 Å². The van der Waals surface area contributed by atoms with Crippen molar-refractivity contribution >= 4 is 0 Å². The van der Waals surface area contributed by atoms with Gasteiger partial charge >= 0.3 is 0 Å². The molecule has 20 heavy (non-hydrogen) atoms. The van der Waals surface area contributed by atoms with E-state index in [0.717, 1.165) is 0 Å². The van der Waals surface area contributed by atoms with Gasteiger partial charge in [-0.2, -0.15) is 0 Å². The highest BCUT2D eigenvalue weighted by Crippen LogP contribution is 2.41. The van der Waals surface area contributed by atoms with Gasteiger partial charge in [0.2, 0.25) is 0 Å². The van der Waals surface area contributed by atoms with Gasteiger partial charge in [-0.3, -0.25) is 0 Å². The maximum absolute atomic E-state index is 12.3. The van der Waals surface area contributed by atoms with Crippen molar-refractivity contribution < 1.29 is 18.6 Å². The summed E-state index contributed by atoms with van der Waals surface area (Å²) in [6.07, 6.45) is -2.51. The molecule has 114 valence electrons. The number of alkyl halides is 2. The average molecular weight is 286 g/mol. The molecule has 0 spiro atoms. The molecule has 0 amide bonds. The van der Waals surface area contributed by atoms with Gasteiger partial charge in [0.25, 0.3) is 6.43 Å². The Morgan fingerprint density at radius 2 is 1.40 bits per heavy atom. The van der Waals surface area contributed by atoms with Crippen LogP contribution in [0, 0.1) is 0 Å². The summed E-state index contributed by atoms with van der Waals surface area (Å²) in [7, 11) is 0. The van der Waals surface area contributed by atoms with Gasteiger partial charge < -0.3 is 9.84 Å². The van der Waals surface area contributed by atoms with E-state index >= 15 is 0 Å². The normalized spacial score (nSPS) is 12.8. The van der Waals surface area contributed by atoms with Gasteiger partial charge in [0, 0.05) is 11.1 Å². The fourth-order valence-electron chi connectivity index (χ4n) is 1.99. The molecular weight excluding hydrogens is 262 g/mol. The summed E-state index contributed by atoms with van der Waals surface area (Å²) in [5, 5.41) is 10.5. The van der Waals surface area contributed by atoms with Gasteiger partial charge in [0.05, 0.1) is 0 Å². The number of phenolic OH excluding ortho intramolecular Hbond substituents is 1. The predicted octanol–water partition coefficient (Wildman–Crippen LogP) is 4.63. The average Bonchev–Trinajstić information content (AvgIpc) is 2.24. The summed E-state index contributed by atoms with van der Waals surface area (Å²) in [5.74, 6) is 0.590. The molecule has 0 radical (unpaired) electrons. The Bertz CT molecular complexity index is 433. The second-order valence-corrected chi connectivity index (χ2v) is 7.07. The Kier molecular flexibility index (Phi) is 4.67. The van der Waals surface area contributed by atoms with E-state index in [2.05, 4.69) is 0 Å². The largest absolute Gasteiger partial charge is 0.507 e. The Morgan fingerprint density at radius 1 is 1.00 bits per heavy atom. The standard InChI is InChI=1S/C16H24F2O2/c1-15(2,3)11-7-10(20-9-13(17)18)8-12(14(11)19)16(4,5)6/h7-8,13,19H,9H2,1-6H3. The van der Waals surface area contributed by atoms with E-state index in [1.54, 1.807) is 12.1 Å². The van der Waals surface area contributed by atoms with Gasteiger partial charge in [-0.15, -0.1) is 0 Å². The molecule has 0 aliphatic carbocycles. The molecule has 0 fully saturated rings. The van der Waals surface area contributed by atoms with E-state index in [1.165, 1.54) is 0 Å². The van der Waals surface area contributed by atoms with Crippen LogP contribution in [0.15, 0.2) is 12.1 Å². The zero-order chi connectivity index (χ0) is 15.7. The Hall–Kier alpha value is -1.32. The molecule has 0 aliphatic heterocycles. The molecule has 1 aromatic carbocycles. The summed E-state index contributed by atoms with van der Waals surface area (Å²) in [6, 6.07) is 3.29. The highest BCUT2D eigenvalue weighted by Gasteiger charge is 2.27. The first-order valence-electron chi connectivity index (χ1n) is 6.72. The minimum atomic E-state index is -2.51. The summed E-state index contributed by atoms with van der Waals surface area (Å²) in [5.41, 5.74) is 0.811. The predicted molar refractivity (Wildman–Crippen MR) is 77.0 cm³/mol. The van der Waals surface area contributed by atoms with Gasteiger partial charge in [-0.25, -0.2) is 8.78 Å². The molecule has 0 saturated carbocycles. The van der Waals surface area contributed by atoms with Crippen LogP contribution in [-0.2, 0) is 10.8 Å². The summed E-state index contributed by atoms with van der Waals surface area (Å²) in [4.78, 5) is 0. The lowest BCUT2D eigenvalue weighted by Crippen LogP contribution is -2.18. The molecule has 0 heterocycles. The van der Waals surface area contributed by atoms with Crippen LogP contribution in [0.25, 0.3) is 0 Å². The van der Waals surface area contributed by atoms with E-state index in [9.17, 15) is 13.9 Å². The summed E-state index contributed by atoms with van der Waals surface area (Å²) >= 11 is 0. The zero-order valence-electron chi connectivity index (χ0n) is 13.1. The van der Waals surface area contributed by atoms with E-state index < -0.39 is 13.0 Å². The fraction of sp³-hybridized carbons (Fsp3) is 0.625. The molecule has 0 atom stereocenters. The van der Waals surface area contributed by atoms with Gasteiger partial charge in [-0.1, -0.05) is 41.5 Å². The van der Waals surface area contributed by atoms with E-state index in [1.807, 2.05) is 41.5 Å². The maximum Gasteiger partial charge on any atom is 0.272 e. The Labute approximate surface area is 119 Å². The van der Waals surface area contributed by atoms with Crippen molar-refractivity contribution in [3.05, 3.63) is 23.3 Å². The maximum atomic E-state index is 12.3.